The first-order valence-electron chi connectivity index (χ1n) is 5.76. The van der Waals surface area contributed by atoms with Gasteiger partial charge in [-0.25, -0.2) is 0 Å². The van der Waals surface area contributed by atoms with Crippen LogP contribution in [0.3, 0.4) is 0 Å². The van der Waals surface area contributed by atoms with Gasteiger partial charge in [0.15, 0.2) is 0 Å². The van der Waals surface area contributed by atoms with E-state index in [2.05, 4.69) is 24.4 Å². The number of nitrogens with one attached hydrogen (secondary N) is 1. The largest absolute Gasteiger partial charge is 0.351 e. The molecule has 90 valence electrons. The molecule has 0 aromatic carbocycles. The van der Waals surface area contributed by atoms with Crippen LogP contribution in [0.15, 0.2) is 12.1 Å². The highest BCUT2D eigenvalue weighted by molar-refractivity contribution is 7.11. The smallest absolute Gasteiger partial charge is 0.224 e. The van der Waals surface area contributed by atoms with E-state index in [1.165, 1.54) is 9.75 Å². The first-order valence-corrected chi connectivity index (χ1v) is 6.58. The van der Waals surface area contributed by atoms with Crippen molar-refractivity contribution >= 4 is 17.2 Å². The van der Waals surface area contributed by atoms with Crippen LogP contribution in [0.4, 0.5) is 0 Å². The SMILES string of the molecule is CCc1ccc(CNC(=O)C(CC)CN)s1. The quantitative estimate of drug-likeness (QED) is 0.798. The molecule has 0 aliphatic rings. The molecular formula is C12H20N2OS. The third kappa shape index (κ3) is 3.61. The molecule has 3 nitrogen and oxygen atoms in total. The van der Waals surface area contributed by atoms with Gasteiger partial charge < -0.3 is 11.1 Å². The Balaban J connectivity index is 2.41. The Bertz CT molecular complexity index is 332. The Labute approximate surface area is 101 Å². The predicted octanol–water partition coefficient (Wildman–Crippen LogP) is 1.91. The summed E-state index contributed by atoms with van der Waals surface area (Å²) in [6.07, 6.45) is 1.85. The summed E-state index contributed by atoms with van der Waals surface area (Å²) < 4.78 is 0. The topological polar surface area (TPSA) is 55.1 Å². The second kappa shape index (κ2) is 6.66. The highest BCUT2D eigenvalue weighted by Gasteiger charge is 2.13. The number of hydrogen-bond donors (Lipinski definition) is 2. The van der Waals surface area contributed by atoms with Crippen molar-refractivity contribution in [2.75, 3.05) is 6.54 Å². The Hall–Kier alpha value is -0.870. The van der Waals surface area contributed by atoms with Crippen molar-refractivity contribution in [1.82, 2.24) is 5.32 Å². The Morgan fingerprint density at radius 3 is 2.62 bits per heavy atom. The summed E-state index contributed by atoms with van der Waals surface area (Å²) in [6.45, 7) is 5.17. The van der Waals surface area contributed by atoms with Crippen LogP contribution in [0.25, 0.3) is 0 Å². The van der Waals surface area contributed by atoms with Gasteiger partial charge in [-0.05, 0) is 25.0 Å². The molecule has 0 saturated carbocycles. The Morgan fingerprint density at radius 2 is 2.12 bits per heavy atom. The minimum Gasteiger partial charge on any atom is -0.351 e. The van der Waals surface area contributed by atoms with Gasteiger partial charge in [-0.2, -0.15) is 0 Å². The zero-order valence-electron chi connectivity index (χ0n) is 9.95. The van der Waals surface area contributed by atoms with E-state index in [4.69, 9.17) is 5.73 Å². The van der Waals surface area contributed by atoms with E-state index in [0.29, 0.717) is 13.1 Å². The van der Waals surface area contributed by atoms with Gasteiger partial charge in [0.25, 0.3) is 0 Å². The molecule has 1 unspecified atom stereocenters. The normalized spacial score (nSPS) is 12.4. The van der Waals surface area contributed by atoms with Crippen LogP contribution in [0.1, 0.15) is 30.0 Å². The maximum Gasteiger partial charge on any atom is 0.224 e. The molecule has 16 heavy (non-hydrogen) atoms. The fraction of sp³-hybridized carbons (Fsp3) is 0.583. The van der Waals surface area contributed by atoms with E-state index in [0.717, 1.165) is 12.8 Å². The van der Waals surface area contributed by atoms with Crippen molar-refractivity contribution in [2.24, 2.45) is 11.7 Å². The number of carbonyl (C=O) groups is 1. The zero-order chi connectivity index (χ0) is 12.0. The minimum absolute atomic E-state index is 0.0504. The molecule has 0 saturated heterocycles. The van der Waals surface area contributed by atoms with Crippen molar-refractivity contribution < 1.29 is 4.79 Å². The average Bonchev–Trinajstić information content (AvgIpc) is 2.76. The third-order valence-corrected chi connectivity index (χ3v) is 3.88. The number of hydrogen-bond acceptors (Lipinski definition) is 3. The lowest BCUT2D eigenvalue weighted by Crippen LogP contribution is -2.34. The predicted molar refractivity (Wildman–Crippen MR) is 68.4 cm³/mol. The first kappa shape index (κ1) is 13.2. The van der Waals surface area contributed by atoms with Gasteiger partial charge in [0.1, 0.15) is 0 Å². The molecule has 0 fully saturated rings. The molecule has 1 atom stereocenters. The van der Waals surface area contributed by atoms with Gasteiger partial charge in [-0.1, -0.05) is 13.8 Å². The summed E-state index contributed by atoms with van der Waals surface area (Å²) in [5, 5.41) is 2.93. The van der Waals surface area contributed by atoms with Crippen molar-refractivity contribution in [3.05, 3.63) is 21.9 Å². The second-order valence-electron chi connectivity index (χ2n) is 3.78. The minimum atomic E-state index is -0.0504. The molecule has 0 aliphatic heterocycles. The number of thiophene rings is 1. The maximum absolute atomic E-state index is 11.7. The molecule has 1 amide bonds. The van der Waals surface area contributed by atoms with Gasteiger partial charge in [-0.15, -0.1) is 11.3 Å². The van der Waals surface area contributed by atoms with E-state index in [1.807, 2.05) is 6.92 Å². The van der Waals surface area contributed by atoms with E-state index in [-0.39, 0.29) is 11.8 Å². The van der Waals surface area contributed by atoms with Crippen molar-refractivity contribution in [2.45, 2.75) is 33.2 Å². The van der Waals surface area contributed by atoms with Crippen LogP contribution in [-0.4, -0.2) is 12.5 Å². The highest BCUT2D eigenvalue weighted by Crippen LogP contribution is 2.16. The van der Waals surface area contributed by atoms with Gasteiger partial charge in [0.2, 0.25) is 5.91 Å². The van der Waals surface area contributed by atoms with Crippen LogP contribution < -0.4 is 11.1 Å². The monoisotopic (exact) mass is 240 g/mol. The molecule has 0 aliphatic carbocycles. The maximum atomic E-state index is 11.7. The lowest BCUT2D eigenvalue weighted by atomic mass is 10.1. The van der Waals surface area contributed by atoms with Gasteiger partial charge in [0.05, 0.1) is 6.54 Å². The summed E-state index contributed by atoms with van der Waals surface area (Å²) in [7, 11) is 0. The average molecular weight is 240 g/mol. The Morgan fingerprint density at radius 1 is 1.44 bits per heavy atom. The number of nitrogens with two attached hydrogens (primary N) is 1. The number of rotatable bonds is 6. The molecule has 1 aromatic heterocycles. The summed E-state index contributed by atoms with van der Waals surface area (Å²) in [5.41, 5.74) is 5.52. The Kier molecular flexibility index (Phi) is 5.49. The van der Waals surface area contributed by atoms with Crippen LogP contribution in [0.2, 0.25) is 0 Å². The molecule has 3 N–H and O–H groups in total. The van der Waals surface area contributed by atoms with Crippen LogP contribution in [0, 0.1) is 5.92 Å². The summed E-state index contributed by atoms with van der Waals surface area (Å²) in [4.78, 5) is 14.2. The van der Waals surface area contributed by atoms with E-state index >= 15 is 0 Å². The zero-order valence-corrected chi connectivity index (χ0v) is 10.8. The van der Waals surface area contributed by atoms with E-state index < -0.39 is 0 Å². The molecular weight excluding hydrogens is 220 g/mol. The molecule has 1 aromatic rings. The summed E-state index contributed by atoms with van der Waals surface area (Å²) in [6, 6.07) is 4.19. The fourth-order valence-corrected chi connectivity index (χ4v) is 2.38. The van der Waals surface area contributed by atoms with E-state index in [1.54, 1.807) is 11.3 Å². The third-order valence-electron chi connectivity index (χ3n) is 2.65. The van der Waals surface area contributed by atoms with Crippen LogP contribution >= 0.6 is 11.3 Å². The number of carbonyl (C=O) groups excluding carboxylic acids is 1. The lowest BCUT2D eigenvalue weighted by molar-refractivity contribution is -0.124. The van der Waals surface area contributed by atoms with Crippen molar-refractivity contribution in [3.8, 4) is 0 Å². The van der Waals surface area contributed by atoms with Crippen LogP contribution in [0.5, 0.6) is 0 Å². The molecule has 0 bridgehead atoms. The van der Waals surface area contributed by atoms with Gasteiger partial charge in [0, 0.05) is 22.2 Å². The van der Waals surface area contributed by atoms with E-state index in [9.17, 15) is 4.79 Å². The molecule has 1 rings (SSSR count). The molecule has 0 radical (unpaired) electrons. The molecule has 4 heteroatoms. The molecule has 0 spiro atoms. The highest BCUT2D eigenvalue weighted by atomic mass is 32.1. The second-order valence-corrected chi connectivity index (χ2v) is 5.03. The van der Waals surface area contributed by atoms with Crippen molar-refractivity contribution in [3.63, 3.8) is 0 Å². The number of amides is 1. The van der Waals surface area contributed by atoms with Gasteiger partial charge in [-0.3, -0.25) is 4.79 Å². The van der Waals surface area contributed by atoms with Crippen LogP contribution in [-0.2, 0) is 17.8 Å². The fourth-order valence-electron chi connectivity index (χ4n) is 1.49. The van der Waals surface area contributed by atoms with Crippen molar-refractivity contribution in [1.29, 1.82) is 0 Å². The summed E-state index contributed by atoms with van der Waals surface area (Å²) in [5.74, 6) is 0.0158. The lowest BCUT2D eigenvalue weighted by Gasteiger charge is -2.11. The molecule has 1 heterocycles. The summed E-state index contributed by atoms with van der Waals surface area (Å²) >= 11 is 1.76. The first-order chi connectivity index (χ1) is 7.71. The number of aryl methyl sites for hydroxylation is 1. The standard InChI is InChI=1S/C12H20N2OS/c1-3-9(7-13)12(15)14-8-11-6-5-10(4-2)16-11/h5-6,9H,3-4,7-8,13H2,1-2H3,(H,14,15). The van der Waals surface area contributed by atoms with Gasteiger partial charge >= 0.3 is 0 Å².